The maximum absolute atomic E-state index is 12.2. The highest BCUT2D eigenvalue weighted by molar-refractivity contribution is 5.89. The average molecular weight is 478 g/mol. The molecule has 0 saturated carbocycles. The highest BCUT2D eigenvalue weighted by Crippen LogP contribution is 2.39. The highest BCUT2D eigenvalue weighted by atomic mass is 16.6. The quantitative estimate of drug-likeness (QED) is 0.248. The molecule has 9 nitrogen and oxygen atoms in total. The number of amides is 1. The van der Waals surface area contributed by atoms with Crippen molar-refractivity contribution in [2.45, 2.75) is 46.5 Å². The molecule has 0 spiro atoms. The monoisotopic (exact) mass is 477 g/mol. The minimum absolute atomic E-state index is 0.0330. The van der Waals surface area contributed by atoms with Gasteiger partial charge in [-0.3, -0.25) is 20.0 Å². The van der Waals surface area contributed by atoms with Gasteiger partial charge in [-0.25, -0.2) is 5.43 Å². The summed E-state index contributed by atoms with van der Waals surface area (Å²) in [6.45, 7) is 10.1. The minimum Gasteiger partial charge on any atom is -0.477 e. The Labute approximate surface area is 204 Å². The van der Waals surface area contributed by atoms with Crippen molar-refractivity contribution >= 4 is 17.8 Å². The van der Waals surface area contributed by atoms with Gasteiger partial charge in [-0.15, -0.1) is 0 Å². The van der Waals surface area contributed by atoms with E-state index < -0.39 is 17.4 Å². The zero-order valence-electron chi connectivity index (χ0n) is 20.7. The maximum atomic E-state index is 12.2. The molecule has 35 heavy (non-hydrogen) atoms. The molecule has 184 valence electrons. The van der Waals surface area contributed by atoms with Crippen molar-refractivity contribution in [1.29, 1.82) is 0 Å². The van der Waals surface area contributed by atoms with Gasteiger partial charge in [-0.1, -0.05) is 71.0 Å². The van der Waals surface area contributed by atoms with Crippen molar-refractivity contribution in [3.8, 4) is 17.0 Å². The normalized spacial score (nSPS) is 12.0. The average Bonchev–Trinajstić information content (AvgIpc) is 3.25. The van der Waals surface area contributed by atoms with Crippen molar-refractivity contribution in [2.24, 2.45) is 10.5 Å². The molecule has 0 aliphatic heterocycles. The lowest BCUT2D eigenvalue weighted by Crippen LogP contribution is -2.26. The standard InChI is InChI=1S/C26H31N5O4/c1-25(2,3)17-26(4,5)20-11-12-22(21(13-20)31(33)34)35-16-23(32)29-27-14-19-15-28-30-24(19)18-9-7-6-8-10-18/h6-15H,16-17H2,1-5H3,(H,28,30)(H,29,32)/b27-14+. The molecule has 0 fully saturated rings. The molecular formula is C26H31N5O4. The van der Waals surface area contributed by atoms with Crippen LogP contribution < -0.4 is 10.2 Å². The molecule has 1 aromatic heterocycles. The summed E-state index contributed by atoms with van der Waals surface area (Å²) in [7, 11) is 0. The first kappa shape index (κ1) is 25.6. The third-order valence-electron chi connectivity index (χ3n) is 5.39. The number of nitrogens with one attached hydrogen (secondary N) is 2. The van der Waals surface area contributed by atoms with Crippen LogP contribution in [-0.2, 0) is 10.2 Å². The van der Waals surface area contributed by atoms with Crippen molar-refractivity contribution in [3.63, 3.8) is 0 Å². The number of hydrogen-bond acceptors (Lipinski definition) is 6. The fourth-order valence-corrected chi connectivity index (χ4v) is 4.21. The Kier molecular flexibility index (Phi) is 7.68. The summed E-state index contributed by atoms with van der Waals surface area (Å²) in [6, 6.07) is 14.5. The Morgan fingerprint density at radius 1 is 1.17 bits per heavy atom. The molecule has 0 bridgehead atoms. The summed E-state index contributed by atoms with van der Waals surface area (Å²) < 4.78 is 5.46. The second kappa shape index (κ2) is 10.5. The molecule has 0 radical (unpaired) electrons. The fourth-order valence-electron chi connectivity index (χ4n) is 4.21. The number of hydrazone groups is 1. The van der Waals surface area contributed by atoms with Crippen LogP contribution in [0.3, 0.4) is 0 Å². The third kappa shape index (κ3) is 6.99. The number of aromatic nitrogens is 2. The second-order valence-corrected chi connectivity index (χ2v) is 10.2. The Balaban J connectivity index is 1.64. The van der Waals surface area contributed by atoms with Gasteiger partial charge in [0.25, 0.3) is 5.91 Å². The first-order valence-electron chi connectivity index (χ1n) is 11.3. The van der Waals surface area contributed by atoms with Crippen molar-refractivity contribution in [3.05, 3.63) is 76.0 Å². The first-order chi connectivity index (χ1) is 16.5. The summed E-state index contributed by atoms with van der Waals surface area (Å²) >= 11 is 0. The topological polar surface area (TPSA) is 123 Å². The molecule has 0 atom stereocenters. The number of rotatable bonds is 9. The molecule has 0 aliphatic rings. The van der Waals surface area contributed by atoms with Crippen LogP contribution in [0, 0.1) is 15.5 Å². The van der Waals surface area contributed by atoms with Gasteiger partial charge in [0.1, 0.15) is 0 Å². The van der Waals surface area contributed by atoms with E-state index in [1.165, 1.54) is 12.3 Å². The van der Waals surface area contributed by atoms with E-state index in [2.05, 4.69) is 55.3 Å². The van der Waals surface area contributed by atoms with Crippen LogP contribution in [0.25, 0.3) is 11.3 Å². The highest BCUT2D eigenvalue weighted by Gasteiger charge is 2.29. The number of carbonyl (C=O) groups is 1. The van der Waals surface area contributed by atoms with Crippen molar-refractivity contribution in [1.82, 2.24) is 15.6 Å². The van der Waals surface area contributed by atoms with Crippen LogP contribution in [0.4, 0.5) is 5.69 Å². The van der Waals surface area contributed by atoms with E-state index in [1.54, 1.807) is 12.3 Å². The fraction of sp³-hybridized carbons (Fsp3) is 0.346. The molecule has 2 aromatic carbocycles. The van der Waals surface area contributed by atoms with E-state index in [0.717, 1.165) is 23.2 Å². The van der Waals surface area contributed by atoms with Crippen LogP contribution >= 0.6 is 0 Å². The van der Waals surface area contributed by atoms with E-state index in [-0.39, 0.29) is 22.3 Å². The van der Waals surface area contributed by atoms with E-state index in [1.807, 2.05) is 36.4 Å². The molecule has 1 amide bonds. The van der Waals surface area contributed by atoms with Gasteiger partial charge >= 0.3 is 5.69 Å². The number of nitro groups is 1. The summed E-state index contributed by atoms with van der Waals surface area (Å²) in [4.78, 5) is 23.4. The van der Waals surface area contributed by atoms with E-state index in [9.17, 15) is 14.9 Å². The largest absolute Gasteiger partial charge is 0.477 e. The number of aromatic amines is 1. The Hall–Kier alpha value is -4.01. The van der Waals surface area contributed by atoms with Gasteiger partial charge < -0.3 is 4.74 Å². The number of nitro benzene ring substituents is 1. The van der Waals surface area contributed by atoms with Crippen LogP contribution in [0.1, 0.15) is 52.2 Å². The Bertz CT molecular complexity index is 1210. The van der Waals surface area contributed by atoms with Gasteiger partial charge in [0.2, 0.25) is 0 Å². The Morgan fingerprint density at radius 2 is 1.89 bits per heavy atom. The summed E-state index contributed by atoms with van der Waals surface area (Å²) in [5.74, 6) is -0.511. The third-order valence-corrected chi connectivity index (χ3v) is 5.39. The molecule has 9 heteroatoms. The predicted octanol–water partition coefficient (Wildman–Crippen LogP) is 5.23. The summed E-state index contributed by atoms with van der Waals surface area (Å²) in [5.41, 5.74) is 5.23. The molecule has 0 saturated heterocycles. The maximum Gasteiger partial charge on any atom is 0.311 e. The molecule has 1 heterocycles. The van der Waals surface area contributed by atoms with Gasteiger partial charge in [-0.05, 0) is 28.9 Å². The molecule has 2 N–H and O–H groups in total. The lowest BCUT2D eigenvalue weighted by atomic mass is 9.72. The lowest BCUT2D eigenvalue weighted by Gasteiger charge is -2.33. The number of ether oxygens (including phenoxy) is 1. The zero-order valence-corrected chi connectivity index (χ0v) is 20.7. The lowest BCUT2D eigenvalue weighted by molar-refractivity contribution is -0.385. The van der Waals surface area contributed by atoms with Crippen LogP contribution in [0.5, 0.6) is 5.75 Å². The van der Waals surface area contributed by atoms with Gasteiger partial charge in [0.05, 0.1) is 23.0 Å². The molecule has 3 rings (SSSR count). The second-order valence-electron chi connectivity index (χ2n) is 10.2. The van der Waals surface area contributed by atoms with E-state index in [0.29, 0.717) is 5.56 Å². The SMILES string of the molecule is CC(C)(C)CC(C)(C)c1ccc(OCC(=O)N/N=C/c2cn[nH]c2-c2ccccc2)c([N+](=O)[O-])c1. The van der Waals surface area contributed by atoms with Crippen molar-refractivity contribution < 1.29 is 14.5 Å². The Morgan fingerprint density at radius 3 is 2.54 bits per heavy atom. The molecule has 0 unspecified atom stereocenters. The smallest absolute Gasteiger partial charge is 0.311 e. The minimum atomic E-state index is -0.544. The first-order valence-corrected chi connectivity index (χ1v) is 11.3. The number of benzene rings is 2. The van der Waals surface area contributed by atoms with Crippen LogP contribution in [0.2, 0.25) is 0 Å². The number of H-pyrrole nitrogens is 1. The molecule has 3 aromatic rings. The number of hydrogen-bond donors (Lipinski definition) is 2. The van der Waals surface area contributed by atoms with E-state index in [4.69, 9.17) is 4.74 Å². The van der Waals surface area contributed by atoms with Gasteiger partial charge in [0, 0.05) is 17.2 Å². The van der Waals surface area contributed by atoms with E-state index >= 15 is 0 Å². The van der Waals surface area contributed by atoms with Crippen molar-refractivity contribution in [2.75, 3.05) is 6.61 Å². The summed E-state index contributed by atoms with van der Waals surface area (Å²) in [6.07, 6.45) is 3.92. The number of carbonyl (C=O) groups excluding carboxylic acids is 1. The van der Waals surface area contributed by atoms with Gasteiger partial charge in [-0.2, -0.15) is 10.2 Å². The zero-order chi connectivity index (χ0) is 25.6. The predicted molar refractivity (Wildman–Crippen MR) is 135 cm³/mol. The van der Waals surface area contributed by atoms with Crippen LogP contribution in [0.15, 0.2) is 59.8 Å². The van der Waals surface area contributed by atoms with Crippen LogP contribution in [-0.4, -0.2) is 33.8 Å². The molecule has 0 aliphatic carbocycles. The number of nitrogens with zero attached hydrogens (tertiary/aromatic N) is 3. The van der Waals surface area contributed by atoms with Gasteiger partial charge in [0.15, 0.2) is 12.4 Å². The molecular weight excluding hydrogens is 446 g/mol. The summed E-state index contributed by atoms with van der Waals surface area (Å²) in [5, 5.41) is 22.6.